The number of hydrogen-bond donors (Lipinski definition) is 0. The Kier molecular flexibility index (Phi) is 4.95. The first-order chi connectivity index (χ1) is 12.3. The molecule has 3 aliphatic rings. The molecule has 3 fully saturated rings. The number of likely N-dealkylation sites (tertiary alicyclic amines) is 2. The van der Waals surface area contributed by atoms with E-state index in [9.17, 15) is 4.79 Å². The van der Waals surface area contributed by atoms with Crippen molar-refractivity contribution < 1.29 is 9.53 Å². The van der Waals surface area contributed by atoms with Crippen LogP contribution in [0.15, 0.2) is 24.3 Å². The van der Waals surface area contributed by atoms with E-state index in [1.54, 1.807) is 0 Å². The van der Waals surface area contributed by atoms with Crippen LogP contribution in [-0.4, -0.2) is 74.2 Å². The van der Waals surface area contributed by atoms with Crippen LogP contribution >= 0.6 is 0 Å². The van der Waals surface area contributed by atoms with Crippen molar-refractivity contribution in [1.82, 2.24) is 9.80 Å². The predicted octanol–water partition coefficient (Wildman–Crippen LogP) is 2.22. The molecule has 2 atom stereocenters. The predicted molar refractivity (Wildman–Crippen MR) is 99.2 cm³/mol. The standard InChI is InChI=1S/C20H29N3O2/c1-21-10-4-8-18(21)19-9-5-11-23(19)20(24)16-6-2-3-7-17(16)22-12-14-25-15-13-22/h2-3,6-7,18-19H,4-5,8-15H2,1H3/t18-,19+/m1/s1. The number of carbonyl (C=O) groups is 1. The highest BCUT2D eigenvalue weighted by Crippen LogP contribution is 2.32. The van der Waals surface area contributed by atoms with Crippen LogP contribution in [-0.2, 0) is 4.74 Å². The fraction of sp³-hybridized carbons (Fsp3) is 0.650. The second kappa shape index (κ2) is 7.34. The molecule has 0 bridgehead atoms. The molecule has 1 aromatic rings. The van der Waals surface area contributed by atoms with Gasteiger partial charge in [0.05, 0.1) is 18.8 Å². The van der Waals surface area contributed by atoms with E-state index in [0.717, 1.165) is 63.5 Å². The summed E-state index contributed by atoms with van der Waals surface area (Å²) in [5, 5.41) is 0. The summed E-state index contributed by atoms with van der Waals surface area (Å²) in [6.45, 7) is 5.25. The lowest BCUT2D eigenvalue weighted by molar-refractivity contribution is 0.0664. The van der Waals surface area contributed by atoms with Crippen LogP contribution in [0.1, 0.15) is 36.0 Å². The first kappa shape index (κ1) is 16.9. The zero-order chi connectivity index (χ0) is 17.2. The number of ether oxygens (including phenoxy) is 1. The van der Waals surface area contributed by atoms with E-state index in [1.165, 1.54) is 12.8 Å². The number of carbonyl (C=O) groups excluding carboxylic acids is 1. The van der Waals surface area contributed by atoms with Gasteiger partial charge in [0.25, 0.3) is 5.91 Å². The number of likely N-dealkylation sites (N-methyl/N-ethyl adjacent to an activating group) is 1. The maximum atomic E-state index is 13.4. The monoisotopic (exact) mass is 343 g/mol. The first-order valence-corrected chi connectivity index (χ1v) is 9.68. The third-order valence-corrected chi connectivity index (χ3v) is 6.07. The number of para-hydroxylation sites is 1. The van der Waals surface area contributed by atoms with Gasteiger partial charge in [0.1, 0.15) is 0 Å². The molecule has 0 radical (unpaired) electrons. The van der Waals surface area contributed by atoms with Crippen LogP contribution in [0.5, 0.6) is 0 Å². The highest BCUT2D eigenvalue weighted by molar-refractivity contribution is 6.00. The minimum absolute atomic E-state index is 0.213. The molecular formula is C20H29N3O2. The number of nitrogens with zero attached hydrogens (tertiary/aromatic N) is 3. The third kappa shape index (κ3) is 3.27. The topological polar surface area (TPSA) is 36.0 Å². The zero-order valence-electron chi connectivity index (χ0n) is 15.2. The maximum absolute atomic E-state index is 13.4. The van der Waals surface area contributed by atoms with E-state index in [4.69, 9.17) is 4.74 Å². The fourth-order valence-electron chi connectivity index (χ4n) is 4.76. The Morgan fingerprint density at radius 2 is 1.72 bits per heavy atom. The fourth-order valence-corrected chi connectivity index (χ4v) is 4.76. The smallest absolute Gasteiger partial charge is 0.256 e. The van der Waals surface area contributed by atoms with Crippen LogP contribution in [0.2, 0.25) is 0 Å². The molecule has 136 valence electrons. The van der Waals surface area contributed by atoms with Crippen LogP contribution in [0.25, 0.3) is 0 Å². The molecular weight excluding hydrogens is 314 g/mol. The Balaban J connectivity index is 1.58. The molecule has 0 aromatic heterocycles. The second-order valence-electron chi connectivity index (χ2n) is 7.51. The van der Waals surface area contributed by atoms with Gasteiger partial charge in [-0.1, -0.05) is 12.1 Å². The Morgan fingerprint density at radius 1 is 1.00 bits per heavy atom. The van der Waals surface area contributed by atoms with Gasteiger partial charge in [-0.25, -0.2) is 0 Å². The van der Waals surface area contributed by atoms with E-state index in [-0.39, 0.29) is 5.91 Å². The van der Waals surface area contributed by atoms with Gasteiger partial charge in [-0.05, 0) is 51.4 Å². The lowest BCUT2D eigenvalue weighted by Gasteiger charge is -2.35. The molecule has 3 heterocycles. The number of hydrogen-bond acceptors (Lipinski definition) is 4. The summed E-state index contributed by atoms with van der Waals surface area (Å²) < 4.78 is 5.48. The minimum Gasteiger partial charge on any atom is -0.378 e. The van der Waals surface area contributed by atoms with E-state index in [0.29, 0.717) is 12.1 Å². The normalized spacial score (nSPS) is 27.9. The van der Waals surface area contributed by atoms with E-state index < -0.39 is 0 Å². The highest BCUT2D eigenvalue weighted by Gasteiger charge is 2.39. The largest absolute Gasteiger partial charge is 0.378 e. The molecule has 0 unspecified atom stereocenters. The van der Waals surface area contributed by atoms with Crippen molar-refractivity contribution in [2.24, 2.45) is 0 Å². The molecule has 3 aliphatic heterocycles. The number of benzene rings is 1. The van der Waals surface area contributed by atoms with Crippen molar-refractivity contribution in [3.8, 4) is 0 Å². The van der Waals surface area contributed by atoms with Gasteiger partial charge in [-0.15, -0.1) is 0 Å². The van der Waals surface area contributed by atoms with Crippen LogP contribution in [0.3, 0.4) is 0 Å². The maximum Gasteiger partial charge on any atom is 0.256 e. The van der Waals surface area contributed by atoms with Crippen molar-refractivity contribution in [3.63, 3.8) is 0 Å². The van der Waals surface area contributed by atoms with Gasteiger partial charge in [0.15, 0.2) is 0 Å². The van der Waals surface area contributed by atoms with E-state index >= 15 is 0 Å². The molecule has 0 spiro atoms. The van der Waals surface area contributed by atoms with Crippen LogP contribution in [0, 0.1) is 0 Å². The number of amides is 1. The quantitative estimate of drug-likeness (QED) is 0.843. The molecule has 1 amide bonds. The summed E-state index contributed by atoms with van der Waals surface area (Å²) in [6, 6.07) is 9.02. The van der Waals surface area contributed by atoms with Gasteiger partial charge in [-0.2, -0.15) is 0 Å². The molecule has 0 saturated carbocycles. The zero-order valence-corrected chi connectivity index (χ0v) is 15.2. The average Bonchev–Trinajstić information content (AvgIpc) is 3.30. The summed E-state index contributed by atoms with van der Waals surface area (Å²) in [5.41, 5.74) is 1.93. The molecule has 3 saturated heterocycles. The molecule has 25 heavy (non-hydrogen) atoms. The highest BCUT2D eigenvalue weighted by atomic mass is 16.5. The summed E-state index contributed by atoms with van der Waals surface area (Å²) in [6.07, 6.45) is 4.74. The first-order valence-electron chi connectivity index (χ1n) is 9.68. The summed E-state index contributed by atoms with van der Waals surface area (Å²) in [4.78, 5) is 20.3. The van der Waals surface area contributed by atoms with Crippen molar-refractivity contribution in [3.05, 3.63) is 29.8 Å². The number of rotatable bonds is 3. The summed E-state index contributed by atoms with van der Waals surface area (Å²) in [7, 11) is 2.21. The van der Waals surface area contributed by atoms with Crippen LogP contribution < -0.4 is 4.90 Å². The Morgan fingerprint density at radius 3 is 2.48 bits per heavy atom. The van der Waals surface area contributed by atoms with Crippen molar-refractivity contribution >= 4 is 11.6 Å². The molecule has 0 N–H and O–H groups in total. The van der Waals surface area contributed by atoms with Crippen molar-refractivity contribution in [2.45, 2.75) is 37.8 Å². The average molecular weight is 343 g/mol. The van der Waals surface area contributed by atoms with Gasteiger partial charge in [-0.3, -0.25) is 4.79 Å². The summed E-state index contributed by atoms with van der Waals surface area (Å²) >= 11 is 0. The Bertz CT molecular complexity index is 615. The number of anilines is 1. The van der Waals surface area contributed by atoms with E-state index in [2.05, 4.69) is 27.8 Å². The molecule has 5 heteroatoms. The van der Waals surface area contributed by atoms with Crippen molar-refractivity contribution in [1.29, 1.82) is 0 Å². The molecule has 5 nitrogen and oxygen atoms in total. The van der Waals surface area contributed by atoms with Gasteiger partial charge < -0.3 is 19.4 Å². The Labute approximate surface area is 150 Å². The minimum atomic E-state index is 0.213. The lowest BCUT2D eigenvalue weighted by atomic mass is 10.0. The summed E-state index contributed by atoms with van der Waals surface area (Å²) in [5.74, 6) is 0.213. The van der Waals surface area contributed by atoms with Gasteiger partial charge in [0, 0.05) is 37.4 Å². The third-order valence-electron chi connectivity index (χ3n) is 6.07. The van der Waals surface area contributed by atoms with Crippen molar-refractivity contribution in [2.75, 3.05) is 51.3 Å². The van der Waals surface area contributed by atoms with Gasteiger partial charge in [0.2, 0.25) is 0 Å². The van der Waals surface area contributed by atoms with Crippen LogP contribution in [0.4, 0.5) is 5.69 Å². The lowest BCUT2D eigenvalue weighted by Crippen LogP contribution is -2.47. The molecule has 1 aromatic carbocycles. The van der Waals surface area contributed by atoms with E-state index in [1.807, 2.05) is 18.2 Å². The second-order valence-corrected chi connectivity index (χ2v) is 7.51. The molecule has 4 rings (SSSR count). The number of morpholine rings is 1. The van der Waals surface area contributed by atoms with Gasteiger partial charge >= 0.3 is 0 Å². The molecule has 0 aliphatic carbocycles. The SMILES string of the molecule is CN1CCC[C@@H]1[C@@H]1CCCN1C(=O)c1ccccc1N1CCOCC1. The Hall–Kier alpha value is -1.59.